The first-order chi connectivity index (χ1) is 18.3. The minimum atomic E-state index is 0.115. The third kappa shape index (κ3) is 6.27. The molecule has 38 heavy (non-hydrogen) atoms. The largest absolute Gasteiger partial charge is 0.339 e. The quantitative estimate of drug-likeness (QED) is 0.282. The molecule has 0 bridgehead atoms. The van der Waals surface area contributed by atoms with Crippen molar-refractivity contribution < 1.29 is 4.79 Å². The molecule has 1 amide bonds. The Morgan fingerprint density at radius 1 is 1.00 bits per heavy atom. The maximum Gasteiger partial charge on any atom is 0.253 e. The average Bonchev–Trinajstić information content (AvgIpc) is 2.93. The van der Waals surface area contributed by atoms with Crippen molar-refractivity contribution in [2.45, 2.75) is 53.9 Å². The van der Waals surface area contributed by atoms with Crippen LogP contribution in [0.5, 0.6) is 0 Å². The molecule has 4 rings (SSSR count). The Labute approximate surface area is 233 Å². The van der Waals surface area contributed by atoms with Crippen LogP contribution in [0.2, 0.25) is 5.02 Å². The van der Waals surface area contributed by atoms with Crippen molar-refractivity contribution in [2.24, 2.45) is 16.8 Å². The zero-order chi connectivity index (χ0) is 27.2. The van der Waals surface area contributed by atoms with Crippen molar-refractivity contribution in [3.63, 3.8) is 0 Å². The molecule has 1 fully saturated rings. The lowest BCUT2D eigenvalue weighted by atomic mass is 9.84. The summed E-state index contributed by atoms with van der Waals surface area (Å²) >= 11 is 6.24. The molecule has 1 atom stereocenters. The summed E-state index contributed by atoms with van der Waals surface area (Å²) in [5, 5.41) is 0.718. The van der Waals surface area contributed by atoms with Crippen LogP contribution in [0.4, 0.5) is 5.69 Å². The molecule has 0 radical (unpaired) electrons. The van der Waals surface area contributed by atoms with E-state index in [0.717, 1.165) is 70.9 Å². The number of likely N-dealkylation sites (tertiary alicyclic amines) is 1. The Balaban J connectivity index is 1.48. The van der Waals surface area contributed by atoms with Gasteiger partial charge in [-0.05, 0) is 104 Å². The van der Waals surface area contributed by atoms with Gasteiger partial charge in [-0.3, -0.25) is 9.79 Å². The van der Waals surface area contributed by atoms with Crippen LogP contribution in [0.3, 0.4) is 0 Å². The fourth-order valence-electron chi connectivity index (χ4n) is 5.43. The molecule has 3 nitrogen and oxygen atoms in total. The van der Waals surface area contributed by atoms with Crippen LogP contribution in [0.25, 0.3) is 5.57 Å². The molecule has 3 aromatic carbocycles. The Hall–Kier alpha value is -3.17. The second-order valence-electron chi connectivity index (χ2n) is 10.4. The van der Waals surface area contributed by atoms with Gasteiger partial charge < -0.3 is 4.90 Å². The van der Waals surface area contributed by atoms with Gasteiger partial charge in [-0.25, -0.2) is 0 Å². The number of para-hydroxylation sites is 1. The summed E-state index contributed by atoms with van der Waals surface area (Å²) in [6, 6.07) is 22.3. The van der Waals surface area contributed by atoms with Crippen molar-refractivity contribution >= 4 is 34.5 Å². The standard InChI is InChI=1S/C34H39ClN2O/c1-6-23(3)33(36-32-14-9-8-11-24(32)4)26-17-19-37(20-18-26)34(38)28-15-16-31(25(5)21-28)30(7-2)27-12-10-13-29(35)22-27/h7-16,21-23,26H,6,17-20H2,1-5H3/b30-7-,36-33?. The fourth-order valence-corrected chi connectivity index (χ4v) is 5.62. The first-order valence-electron chi connectivity index (χ1n) is 13.8. The second-order valence-corrected chi connectivity index (χ2v) is 10.9. The van der Waals surface area contributed by atoms with Gasteiger partial charge in [0.2, 0.25) is 0 Å². The lowest BCUT2D eigenvalue weighted by Crippen LogP contribution is -2.41. The van der Waals surface area contributed by atoms with Crippen molar-refractivity contribution in [3.05, 3.63) is 106 Å². The highest BCUT2D eigenvalue weighted by Crippen LogP contribution is 2.31. The lowest BCUT2D eigenvalue weighted by molar-refractivity contribution is 0.0709. The van der Waals surface area contributed by atoms with Gasteiger partial charge in [-0.1, -0.05) is 67.9 Å². The highest BCUT2D eigenvalue weighted by Gasteiger charge is 2.29. The third-order valence-electron chi connectivity index (χ3n) is 7.87. The summed E-state index contributed by atoms with van der Waals surface area (Å²) < 4.78 is 0. The van der Waals surface area contributed by atoms with Gasteiger partial charge in [0, 0.05) is 35.3 Å². The van der Waals surface area contributed by atoms with Crippen LogP contribution in [0, 0.1) is 25.7 Å². The number of aliphatic imine (C=N–C) groups is 1. The van der Waals surface area contributed by atoms with E-state index in [1.807, 2.05) is 42.2 Å². The molecule has 1 saturated heterocycles. The smallest absolute Gasteiger partial charge is 0.253 e. The van der Waals surface area contributed by atoms with Crippen LogP contribution >= 0.6 is 11.6 Å². The maximum atomic E-state index is 13.5. The number of hydrogen-bond donors (Lipinski definition) is 0. The van der Waals surface area contributed by atoms with Crippen LogP contribution in [-0.2, 0) is 0 Å². The molecule has 0 N–H and O–H groups in total. The first kappa shape index (κ1) is 27.9. The van der Waals surface area contributed by atoms with E-state index in [-0.39, 0.29) is 5.91 Å². The predicted molar refractivity (Wildman–Crippen MR) is 162 cm³/mol. The number of piperidine rings is 1. The Bertz CT molecular complexity index is 1350. The van der Waals surface area contributed by atoms with Crippen molar-refractivity contribution in [1.82, 2.24) is 4.90 Å². The monoisotopic (exact) mass is 526 g/mol. The van der Waals surface area contributed by atoms with Crippen LogP contribution < -0.4 is 0 Å². The Morgan fingerprint density at radius 2 is 1.74 bits per heavy atom. The predicted octanol–water partition coefficient (Wildman–Crippen LogP) is 9.08. The summed E-state index contributed by atoms with van der Waals surface area (Å²) in [5.74, 6) is 0.953. The Kier molecular flexibility index (Phi) is 9.22. The summed E-state index contributed by atoms with van der Waals surface area (Å²) in [6.07, 6.45) is 5.08. The summed E-state index contributed by atoms with van der Waals surface area (Å²) in [5.41, 5.74) is 8.71. The van der Waals surface area contributed by atoms with Gasteiger partial charge >= 0.3 is 0 Å². The topological polar surface area (TPSA) is 32.7 Å². The van der Waals surface area contributed by atoms with Gasteiger partial charge in [0.05, 0.1) is 5.69 Å². The van der Waals surface area contributed by atoms with E-state index in [0.29, 0.717) is 11.8 Å². The number of aryl methyl sites for hydroxylation is 2. The normalized spacial score (nSPS) is 16.0. The van der Waals surface area contributed by atoms with E-state index in [9.17, 15) is 4.79 Å². The number of benzene rings is 3. The molecule has 0 aliphatic carbocycles. The van der Waals surface area contributed by atoms with Crippen LogP contribution in [0.15, 0.2) is 77.8 Å². The summed E-state index contributed by atoms with van der Waals surface area (Å²) in [6.45, 7) is 12.3. The number of amides is 1. The SMILES string of the molecule is C/C=C(/c1cccc(Cl)c1)c1ccc(C(=O)N2CCC(C(=Nc3ccccc3C)C(C)CC)CC2)cc1C. The van der Waals surface area contributed by atoms with Crippen molar-refractivity contribution in [3.8, 4) is 0 Å². The minimum Gasteiger partial charge on any atom is -0.339 e. The summed E-state index contributed by atoms with van der Waals surface area (Å²) in [7, 11) is 0. The lowest BCUT2D eigenvalue weighted by Gasteiger charge is -2.34. The van der Waals surface area contributed by atoms with Crippen LogP contribution in [-0.4, -0.2) is 29.6 Å². The number of halogens is 1. The van der Waals surface area contributed by atoms with E-state index in [1.165, 1.54) is 11.3 Å². The molecule has 1 unspecified atom stereocenters. The number of carbonyl (C=O) groups is 1. The van der Waals surface area contributed by atoms with Crippen LogP contribution in [0.1, 0.15) is 72.6 Å². The molecule has 0 aromatic heterocycles. The molecule has 1 aliphatic heterocycles. The highest BCUT2D eigenvalue weighted by molar-refractivity contribution is 6.30. The molecular formula is C34H39ClN2O. The molecule has 198 valence electrons. The first-order valence-corrected chi connectivity index (χ1v) is 14.2. The van der Waals surface area contributed by atoms with Gasteiger partial charge in [-0.15, -0.1) is 0 Å². The minimum absolute atomic E-state index is 0.115. The zero-order valence-electron chi connectivity index (χ0n) is 23.3. The van der Waals surface area contributed by atoms with E-state index in [4.69, 9.17) is 16.6 Å². The molecule has 4 heteroatoms. The van der Waals surface area contributed by atoms with E-state index in [2.05, 4.69) is 70.2 Å². The van der Waals surface area contributed by atoms with E-state index >= 15 is 0 Å². The van der Waals surface area contributed by atoms with Gasteiger partial charge in [-0.2, -0.15) is 0 Å². The molecule has 3 aromatic rings. The number of allylic oxidation sites excluding steroid dienone is 1. The molecule has 0 saturated carbocycles. The zero-order valence-corrected chi connectivity index (χ0v) is 24.1. The molecule has 0 spiro atoms. The van der Waals surface area contributed by atoms with Gasteiger partial charge in [0.1, 0.15) is 0 Å². The number of carbonyl (C=O) groups excluding carboxylic acids is 1. The number of nitrogens with zero attached hydrogens (tertiary/aromatic N) is 2. The third-order valence-corrected chi connectivity index (χ3v) is 8.11. The number of hydrogen-bond acceptors (Lipinski definition) is 2. The van der Waals surface area contributed by atoms with Crippen molar-refractivity contribution in [2.75, 3.05) is 13.1 Å². The molecule has 1 heterocycles. The Morgan fingerprint density at radius 3 is 2.37 bits per heavy atom. The fraction of sp³-hybridized carbons (Fsp3) is 0.353. The summed E-state index contributed by atoms with van der Waals surface area (Å²) in [4.78, 5) is 20.7. The van der Waals surface area contributed by atoms with Crippen molar-refractivity contribution in [1.29, 1.82) is 0 Å². The van der Waals surface area contributed by atoms with E-state index < -0.39 is 0 Å². The maximum absolute atomic E-state index is 13.5. The number of rotatable bonds is 7. The second kappa shape index (κ2) is 12.6. The van der Waals surface area contributed by atoms with Gasteiger partial charge in [0.15, 0.2) is 0 Å². The van der Waals surface area contributed by atoms with E-state index in [1.54, 1.807) is 0 Å². The average molecular weight is 527 g/mol. The molecule has 1 aliphatic rings. The molecular weight excluding hydrogens is 488 g/mol. The van der Waals surface area contributed by atoms with Gasteiger partial charge in [0.25, 0.3) is 5.91 Å². The highest BCUT2D eigenvalue weighted by atomic mass is 35.5.